The van der Waals surface area contributed by atoms with Gasteiger partial charge in [0, 0.05) is 23.7 Å². The molecule has 0 spiro atoms. The van der Waals surface area contributed by atoms with E-state index in [1.807, 2.05) is 5.38 Å². The van der Waals surface area contributed by atoms with E-state index < -0.39 is 0 Å². The Morgan fingerprint density at radius 2 is 1.89 bits per heavy atom. The Hall–Kier alpha value is -1.39. The Balaban J connectivity index is 2.12. The van der Waals surface area contributed by atoms with Gasteiger partial charge in [-0.05, 0) is 44.4 Å². The van der Waals surface area contributed by atoms with Gasteiger partial charge in [-0.25, -0.2) is 0 Å². The molecular formula is C15H20N2OS. The number of hydrogen-bond donors (Lipinski definition) is 2. The van der Waals surface area contributed by atoms with Crippen molar-refractivity contribution in [3.63, 3.8) is 0 Å². The lowest BCUT2D eigenvalue weighted by Gasteiger charge is -2.19. The minimum atomic E-state index is 0.00662. The summed E-state index contributed by atoms with van der Waals surface area (Å²) in [7, 11) is 0. The Morgan fingerprint density at radius 3 is 2.42 bits per heavy atom. The Labute approximate surface area is 117 Å². The summed E-state index contributed by atoms with van der Waals surface area (Å²) in [6, 6.07) is 4.70. The van der Waals surface area contributed by atoms with Gasteiger partial charge in [0.2, 0.25) is 0 Å². The van der Waals surface area contributed by atoms with Gasteiger partial charge >= 0.3 is 4.87 Å². The number of aromatic amines is 1. The second-order valence-corrected chi connectivity index (χ2v) is 5.93. The standard InChI is InChI=1S/C15H20N2OS/c1-9-5-10(2)14(11(3)6-9)12(4)16-7-13-8-19-15(18)17-13/h5-6,8,12,16H,7H2,1-4H3,(H,17,18). The average Bonchev–Trinajstić information content (AvgIpc) is 2.71. The van der Waals surface area contributed by atoms with E-state index in [2.05, 4.69) is 50.1 Å². The molecule has 0 aliphatic carbocycles. The number of aryl methyl sites for hydroxylation is 3. The zero-order chi connectivity index (χ0) is 14.0. The molecule has 0 saturated heterocycles. The third kappa shape index (κ3) is 3.33. The second-order valence-electron chi connectivity index (χ2n) is 5.09. The summed E-state index contributed by atoms with van der Waals surface area (Å²) in [6.07, 6.45) is 0. The van der Waals surface area contributed by atoms with Gasteiger partial charge in [0.25, 0.3) is 0 Å². The number of hydrogen-bond acceptors (Lipinski definition) is 3. The molecule has 1 unspecified atom stereocenters. The molecule has 0 fully saturated rings. The van der Waals surface area contributed by atoms with Crippen molar-refractivity contribution in [2.45, 2.75) is 40.3 Å². The lowest BCUT2D eigenvalue weighted by Crippen LogP contribution is -2.20. The number of aromatic nitrogens is 1. The Kier molecular flexibility index (Phi) is 4.22. The summed E-state index contributed by atoms with van der Waals surface area (Å²) in [5.41, 5.74) is 6.23. The molecular weight excluding hydrogens is 256 g/mol. The first kappa shape index (κ1) is 14.0. The Bertz CT molecular complexity index is 604. The Morgan fingerprint density at radius 1 is 1.26 bits per heavy atom. The minimum Gasteiger partial charge on any atom is -0.315 e. The molecule has 0 amide bonds. The van der Waals surface area contributed by atoms with Gasteiger partial charge in [-0.15, -0.1) is 0 Å². The monoisotopic (exact) mass is 276 g/mol. The van der Waals surface area contributed by atoms with Crippen LogP contribution in [0.25, 0.3) is 0 Å². The number of thiazole rings is 1. The van der Waals surface area contributed by atoms with Crippen LogP contribution in [0.3, 0.4) is 0 Å². The molecule has 1 heterocycles. The molecule has 0 saturated carbocycles. The predicted molar refractivity (Wildman–Crippen MR) is 80.8 cm³/mol. The maximum Gasteiger partial charge on any atom is 0.304 e. The molecule has 0 bridgehead atoms. The molecule has 4 heteroatoms. The van der Waals surface area contributed by atoms with Gasteiger partial charge in [0.15, 0.2) is 0 Å². The molecule has 1 atom stereocenters. The van der Waals surface area contributed by atoms with Crippen LogP contribution in [0.2, 0.25) is 0 Å². The van der Waals surface area contributed by atoms with Crippen LogP contribution in [0, 0.1) is 20.8 Å². The van der Waals surface area contributed by atoms with E-state index in [0.29, 0.717) is 6.54 Å². The molecule has 1 aromatic carbocycles. The van der Waals surface area contributed by atoms with Crippen molar-refractivity contribution in [2.24, 2.45) is 0 Å². The average molecular weight is 276 g/mol. The van der Waals surface area contributed by atoms with Crippen LogP contribution in [0.1, 0.15) is 40.9 Å². The number of rotatable bonds is 4. The quantitative estimate of drug-likeness (QED) is 0.900. The fourth-order valence-electron chi connectivity index (χ4n) is 2.64. The summed E-state index contributed by atoms with van der Waals surface area (Å²) in [6.45, 7) is 9.28. The van der Waals surface area contributed by atoms with Crippen molar-refractivity contribution in [1.29, 1.82) is 0 Å². The minimum absolute atomic E-state index is 0.00662. The third-order valence-corrected chi connectivity index (χ3v) is 4.06. The first-order valence-electron chi connectivity index (χ1n) is 6.45. The van der Waals surface area contributed by atoms with Crippen LogP contribution in [0.15, 0.2) is 22.3 Å². The zero-order valence-electron chi connectivity index (χ0n) is 11.8. The first-order chi connectivity index (χ1) is 8.97. The fraction of sp³-hybridized carbons (Fsp3) is 0.400. The van der Waals surface area contributed by atoms with Crippen molar-refractivity contribution in [3.8, 4) is 0 Å². The van der Waals surface area contributed by atoms with Crippen LogP contribution < -0.4 is 10.2 Å². The van der Waals surface area contributed by atoms with Gasteiger partial charge in [-0.3, -0.25) is 4.79 Å². The first-order valence-corrected chi connectivity index (χ1v) is 7.33. The smallest absolute Gasteiger partial charge is 0.304 e. The molecule has 19 heavy (non-hydrogen) atoms. The predicted octanol–water partition coefficient (Wildman–Crippen LogP) is 3.21. The summed E-state index contributed by atoms with van der Waals surface area (Å²) < 4.78 is 0. The number of H-pyrrole nitrogens is 1. The zero-order valence-corrected chi connectivity index (χ0v) is 12.6. The highest BCUT2D eigenvalue weighted by atomic mass is 32.1. The molecule has 102 valence electrons. The highest BCUT2D eigenvalue weighted by Crippen LogP contribution is 2.23. The molecule has 3 nitrogen and oxygen atoms in total. The van der Waals surface area contributed by atoms with Crippen molar-refractivity contribution in [3.05, 3.63) is 55.1 Å². The SMILES string of the molecule is Cc1cc(C)c(C(C)NCc2csc(=O)[nH]2)c(C)c1. The van der Waals surface area contributed by atoms with Gasteiger partial charge in [-0.1, -0.05) is 29.0 Å². The van der Waals surface area contributed by atoms with Gasteiger partial charge in [-0.2, -0.15) is 0 Å². The van der Waals surface area contributed by atoms with Crippen LogP contribution in [-0.2, 0) is 6.54 Å². The fourth-order valence-corrected chi connectivity index (χ4v) is 3.22. The summed E-state index contributed by atoms with van der Waals surface area (Å²) in [5, 5.41) is 5.34. The second kappa shape index (κ2) is 5.72. The molecule has 0 aliphatic rings. The largest absolute Gasteiger partial charge is 0.315 e. The lowest BCUT2D eigenvalue weighted by atomic mass is 9.95. The summed E-state index contributed by atoms with van der Waals surface area (Å²) in [4.78, 5) is 13.9. The summed E-state index contributed by atoms with van der Waals surface area (Å²) >= 11 is 1.21. The van der Waals surface area contributed by atoms with E-state index in [0.717, 1.165) is 5.69 Å². The van der Waals surface area contributed by atoms with Gasteiger partial charge in [0.05, 0.1) is 0 Å². The van der Waals surface area contributed by atoms with Crippen molar-refractivity contribution in [2.75, 3.05) is 0 Å². The van der Waals surface area contributed by atoms with Crippen LogP contribution >= 0.6 is 11.3 Å². The van der Waals surface area contributed by atoms with E-state index in [4.69, 9.17) is 0 Å². The van der Waals surface area contributed by atoms with E-state index in [9.17, 15) is 4.79 Å². The number of benzene rings is 1. The molecule has 2 rings (SSSR count). The van der Waals surface area contributed by atoms with E-state index >= 15 is 0 Å². The molecule has 0 radical (unpaired) electrons. The van der Waals surface area contributed by atoms with Crippen LogP contribution in [0.5, 0.6) is 0 Å². The van der Waals surface area contributed by atoms with Gasteiger partial charge in [0.1, 0.15) is 0 Å². The van der Waals surface area contributed by atoms with E-state index in [1.165, 1.54) is 33.6 Å². The van der Waals surface area contributed by atoms with Crippen molar-refractivity contribution >= 4 is 11.3 Å². The molecule has 0 aliphatic heterocycles. The normalized spacial score (nSPS) is 12.6. The van der Waals surface area contributed by atoms with Crippen LogP contribution in [0.4, 0.5) is 0 Å². The maximum atomic E-state index is 11.1. The third-order valence-electron chi connectivity index (χ3n) is 3.34. The molecule has 2 N–H and O–H groups in total. The lowest BCUT2D eigenvalue weighted by molar-refractivity contribution is 0.564. The molecule has 1 aromatic heterocycles. The highest BCUT2D eigenvalue weighted by Gasteiger charge is 2.11. The summed E-state index contributed by atoms with van der Waals surface area (Å²) in [5.74, 6) is 0. The topological polar surface area (TPSA) is 44.9 Å². The number of nitrogens with one attached hydrogen (secondary N) is 2. The van der Waals surface area contributed by atoms with E-state index in [1.54, 1.807) is 0 Å². The molecule has 2 aromatic rings. The van der Waals surface area contributed by atoms with Crippen molar-refractivity contribution < 1.29 is 0 Å². The van der Waals surface area contributed by atoms with Crippen molar-refractivity contribution in [1.82, 2.24) is 10.3 Å². The van der Waals surface area contributed by atoms with E-state index in [-0.39, 0.29) is 10.9 Å². The van der Waals surface area contributed by atoms with Gasteiger partial charge < -0.3 is 10.3 Å². The van der Waals surface area contributed by atoms with Crippen LogP contribution in [-0.4, -0.2) is 4.98 Å². The highest BCUT2D eigenvalue weighted by molar-refractivity contribution is 7.07. The maximum absolute atomic E-state index is 11.1.